The molecule has 1 amide bonds. The number of hydrogen-bond acceptors (Lipinski definition) is 6. The summed E-state index contributed by atoms with van der Waals surface area (Å²) in [5.41, 5.74) is 0.921. The average molecular weight is 330 g/mol. The molecule has 0 unspecified atom stereocenters. The Hall–Kier alpha value is -2.22. The van der Waals surface area contributed by atoms with Crippen LogP contribution in [0.15, 0.2) is 16.8 Å². The van der Waals surface area contributed by atoms with Gasteiger partial charge in [-0.2, -0.15) is 10.1 Å². The van der Waals surface area contributed by atoms with Crippen molar-refractivity contribution >= 4 is 5.91 Å². The number of hydrogen-bond donors (Lipinski definition) is 0. The van der Waals surface area contributed by atoms with Crippen molar-refractivity contribution in [3.05, 3.63) is 29.7 Å². The number of carbonyl (C=O) groups is 1. The molecule has 0 N–H and O–H groups in total. The van der Waals surface area contributed by atoms with Crippen molar-refractivity contribution in [1.82, 2.24) is 29.7 Å². The summed E-state index contributed by atoms with van der Waals surface area (Å²) in [5, 5.41) is 8.22. The number of aryl methyl sites for hydroxylation is 1. The summed E-state index contributed by atoms with van der Waals surface area (Å²) in [6, 6.07) is 1.85. The number of aromatic nitrogens is 4. The van der Waals surface area contributed by atoms with Crippen molar-refractivity contribution < 1.29 is 9.32 Å². The molecular formula is C16H22N6O2. The molecule has 8 nitrogen and oxygen atoms in total. The molecule has 24 heavy (non-hydrogen) atoms. The standard InChI is InChI=1S/C16H22N6O2/c1-20-7-8-22(14(23)9-12-5-6-17-21(12)2)10-13(20)16-18-15(19-24-16)11-3-4-11/h5-6,11,13H,3-4,7-10H2,1-2H3/t13-/m0/s1. The van der Waals surface area contributed by atoms with Gasteiger partial charge < -0.3 is 9.42 Å². The van der Waals surface area contributed by atoms with Crippen LogP contribution in [0.3, 0.4) is 0 Å². The van der Waals surface area contributed by atoms with Crippen molar-refractivity contribution in [2.45, 2.75) is 31.2 Å². The molecule has 0 radical (unpaired) electrons. The van der Waals surface area contributed by atoms with E-state index >= 15 is 0 Å². The van der Waals surface area contributed by atoms with E-state index in [-0.39, 0.29) is 11.9 Å². The lowest BCUT2D eigenvalue weighted by Gasteiger charge is -2.37. The van der Waals surface area contributed by atoms with Crippen LogP contribution >= 0.6 is 0 Å². The van der Waals surface area contributed by atoms with Gasteiger partial charge in [0.2, 0.25) is 11.8 Å². The number of rotatable bonds is 4. The summed E-state index contributed by atoms with van der Waals surface area (Å²) in [6.07, 6.45) is 4.38. The van der Waals surface area contributed by atoms with Crippen molar-refractivity contribution in [1.29, 1.82) is 0 Å². The SMILES string of the molecule is CN1CCN(C(=O)Cc2ccnn2C)C[C@H]1c1nc(C2CC2)no1. The number of likely N-dealkylation sites (N-methyl/N-ethyl adjacent to an activating group) is 1. The second-order valence-corrected chi connectivity index (χ2v) is 6.72. The number of amides is 1. The van der Waals surface area contributed by atoms with Gasteiger partial charge in [-0.3, -0.25) is 14.4 Å². The Morgan fingerprint density at radius 3 is 2.88 bits per heavy atom. The van der Waals surface area contributed by atoms with Gasteiger partial charge in [-0.15, -0.1) is 0 Å². The van der Waals surface area contributed by atoms with E-state index in [1.807, 2.05) is 25.1 Å². The molecule has 8 heteroatoms. The molecule has 2 aromatic heterocycles. The predicted molar refractivity (Wildman–Crippen MR) is 85.1 cm³/mol. The first-order chi connectivity index (χ1) is 11.6. The van der Waals surface area contributed by atoms with Gasteiger partial charge in [-0.1, -0.05) is 5.16 Å². The van der Waals surface area contributed by atoms with Crippen LogP contribution in [0.4, 0.5) is 0 Å². The van der Waals surface area contributed by atoms with Crippen LogP contribution in [0.1, 0.15) is 42.2 Å². The maximum atomic E-state index is 12.6. The summed E-state index contributed by atoms with van der Waals surface area (Å²) < 4.78 is 7.22. The van der Waals surface area contributed by atoms with Crippen LogP contribution in [0, 0.1) is 0 Å². The zero-order valence-electron chi connectivity index (χ0n) is 14.1. The Kier molecular flexibility index (Phi) is 3.84. The highest BCUT2D eigenvalue weighted by Crippen LogP contribution is 2.38. The quantitative estimate of drug-likeness (QED) is 0.822. The van der Waals surface area contributed by atoms with Gasteiger partial charge in [-0.25, -0.2) is 0 Å². The highest BCUT2D eigenvalue weighted by Gasteiger charge is 2.35. The van der Waals surface area contributed by atoms with Gasteiger partial charge in [0.05, 0.1) is 6.42 Å². The van der Waals surface area contributed by atoms with E-state index in [0.717, 1.165) is 30.9 Å². The molecule has 1 saturated heterocycles. The van der Waals surface area contributed by atoms with Crippen LogP contribution in [0.2, 0.25) is 0 Å². The number of nitrogens with zero attached hydrogens (tertiary/aromatic N) is 6. The molecule has 2 fully saturated rings. The minimum absolute atomic E-state index is 0.0331. The van der Waals surface area contributed by atoms with E-state index < -0.39 is 0 Å². The second kappa shape index (κ2) is 6.01. The summed E-state index contributed by atoms with van der Waals surface area (Å²) in [7, 11) is 3.89. The maximum absolute atomic E-state index is 12.6. The molecule has 1 aliphatic carbocycles. The average Bonchev–Trinajstić information content (AvgIpc) is 3.18. The third-order valence-corrected chi connectivity index (χ3v) is 4.94. The molecular weight excluding hydrogens is 308 g/mol. The fourth-order valence-corrected chi connectivity index (χ4v) is 3.10. The summed E-state index contributed by atoms with van der Waals surface area (Å²) >= 11 is 0. The fourth-order valence-electron chi connectivity index (χ4n) is 3.10. The zero-order chi connectivity index (χ0) is 16.7. The molecule has 0 spiro atoms. The van der Waals surface area contributed by atoms with Crippen LogP contribution in [-0.2, 0) is 18.3 Å². The first kappa shape index (κ1) is 15.3. The fraction of sp³-hybridized carbons (Fsp3) is 0.625. The summed E-state index contributed by atoms with van der Waals surface area (Å²) in [4.78, 5) is 21.2. The van der Waals surface area contributed by atoms with Gasteiger partial charge in [0, 0.05) is 44.5 Å². The van der Waals surface area contributed by atoms with Gasteiger partial charge in [0.25, 0.3) is 0 Å². The minimum atomic E-state index is -0.0331. The van der Waals surface area contributed by atoms with E-state index in [4.69, 9.17) is 4.52 Å². The molecule has 2 aliphatic rings. The van der Waals surface area contributed by atoms with Crippen molar-refractivity contribution in [3.8, 4) is 0 Å². The third-order valence-electron chi connectivity index (χ3n) is 4.94. The Bertz CT molecular complexity index is 735. The predicted octanol–water partition coefficient (Wildman–Crippen LogP) is 0.738. The van der Waals surface area contributed by atoms with E-state index in [1.54, 1.807) is 10.9 Å². The number of piperazine rings is 1. The monoisotopic (exact) mass is 330 g/mol. The van der Waals surface area contributed by atoms with Gasteiger partial charge in [-0.05, 0) is 26.0 Å². The highest BCUT2D eigenvalue weighted by molar-refractivity contribution is 5.78. The van der Waals surface area contributed by atoms with Crippen LogP contribution in [0.5, 0.6) is 0 Å². The van der Waals surface area contributed by atoms with E-state index in [9.17, 15) is 4.79 Å². The first-order valence-electron chi connectivity index (χ1n) is 8.40. The van der Waals surface area contributed by atoms with E-state index in [0.29, 0.717) is 31.3 Å². The lowest BCUT2D eigenvalue weighted by atomic mass is 10.1. The summed E-state index contributed by atoms with van der Waals surface area (Å²) in [5.74, 6) is 2.02. The van der Waals surface area contributed by atoms with Crippen molar-refractivity contribution in [2.75, 3.05) is 26.7 Å². The van der Waals surface area contributed by atoms with Crippen LogP contribution in [-0.4, -0.2) is 62.3 Å². The Labute approximate surface area is 140 Å². The number of carbonyl (C=O) groups excluding carboxylic acids is 1. The van der Waals surface area contributed by atoms with E-state index in [2.05, 4.69) is 20.1 Å². The minimum Gasteiger partial charge on any atom is -0.339 e. The molecule has 4 rings (SSSR count). The Morgan fingerprint density at radius 2 is 2.17 bits per heavy atom. The highest BCUT2D eigenvalue weighted by atomic mass is 16.5. The molecule has 1 saturated carbocycles. The molecule has 1 atom stereocenters. The topological polar surface area (TPSA) is 80.3 Å². The normalized spacial score (nSPS) is 22.1. The van der Waals surface area contributed by atoms with Gasteiger partial charge >= 0.3 is 0 Å². The Morgan fingerprint density at radius 1 is 1.33 bits per heavy atom. The lowest BCUT2D eigenvalue weighted by molar-refractivity contribution is -0.133. The van der Waals surface area contributed by atoms with E-state index in [1.165, 1.54) is 0 Å². The molecule has 1 aliphatic heterocycles. The molecule has 0 bridgehead atoms. The van der Waals surface area contributed by atoms with Crippen molar-refractivity contribution in [3.63, 3.8) is 0 Å². The molecule has 0 aromatic carbocycles. The second-order valence-electron chi connectivity index (χ2n) is 6.72. The maximum Gasteiger partial charge on any atom is 0.245 e. The molecule has 2 aromatic rings. The summed E-state index contributed by atoms with van der Waals surface area (Å²) in [6.45, 7) is 2.09. The third kappa shape index (κ3) is 2.93. The molecule has 3 heterocycles. The van der Waals surface area contributed by atoms with Crippen molar-refractivity contribution in [2.24, 2.45) is 7.05 Å². The first-order valence-corrected chi connectivity index (χ1v) is 8.40. The van der Waals surface area contributed by atoms with Crippen LogP contribution in [0.25, 0.3) is 0 Å². The smallest absolute Gasteiger partial charge is 0.245 e. The zero-order valence-corrected chi connectivity index (χ0v) is 14.1. The molecule has 128 valence electrons. The largest absolute Gasteiger partial charge is 0.339 e. The lowest BCUT2D eigenvalue weighted by Crippen LogP contribution is -2.49. The van der Waals surface area contributed by atoms with Gasteiger partial charge in [0.1, 0.15) is 6.04 Å². The Balaban J connectivity index is 1.45. The van der Waals surface area contributed by atoms with Gasteiger partial charge in [0.15, 0.2) is 5.82 Å². The van der Waals surface area contributed by atoms with Crippen LogP contribution < -0.4 is 0 Å².